The summed E-state index contributed by atoms with van der Waals surface area (Å²) < 4.78 is 32.5. The number of pyridine rings is 1. The zero-order valence-electron chi connectivity index (χ0n) is 18.1. The van der Waals surface area contributed by atoms with Crippen LogP contribution in [0.2, 0.25) is 0 Å². The number of fused-ring (bicyclic) bond motifs is 1. The molecule has 0 atom stereocenters. The number of amides is 3. The predicted octanol–water partition coefficient (Wildman–Crippen LogP) is 2.78. The summed E-state index contributed by atoms with van der Waals surface area (Å²) in [5.41, 5.74) is 1.84. The highest BCUT2D eigenvalue weighted by Crippen LogP contribution is 2.35. The van der Waals surface area contributed by atoms with Crippen LogP contribution in [-0.4, -0.2) is 43.8 Å². The molecule has 4 rings (SSSR count). The van der Waals surface area contributed by atoms with Crippen molar-refractivity contribution in [2.75, 3.05) is 19.1 Å². The van der Waals surface area contributed by atoms with Crippen LogP contribution in [0.25, 0.3) is 0 Å². The monoisotopic (exact) mass is 466 g/mol. The molecular weight excluding hydrogens is 444 g/mol. The van der Waals surface area contributed by atoms with Crippen molar-refractivity contribution in [2.24, 2.45) is 0 Å². The van der Waals surface area contributed by atoms with Crippen molar-refractivity contribution in [3.63, 3.8) is 0 Å². The Hall–Kier alpha value is -3.92. The van der Waals surface area contributed by atoms with Crippen LogP contribution in [0.1, 0.15) is 21.5 Å². The third-order valence-corrected chi connectivity index (χ3v) is 7.03. The fraction of sp³-hybridized carbons (Fsp3) is 0.174. The smallest absolute Gasteiger partial charge is 0.338 e. The number of carbonyl (C=O) groups is 2. The average Bonchev–Trinajstić information content (AvgIpc) is 2.84. The first-order valence-corrected chi connectivity index (χ1v) is 11.5. The quantitative estimate of drug-likeness (QED) is 0.598. The molecule has 0 fully saturated rings. The molecule has 3 aromatic rings. The number of nitrogens with zero attached hydrogens (tertiary/aromatic N) is 3. The Kier molecular flexibility index (Phi) is 6.01. The van der Waals surface area contributed by atoms with Gasteiger partial charge in [-0.15, -0.1) is 0 Å². The lowest BCUT2D eigenvalue weighted by Crippen LogP contribution is -2.48. The minimum atomic E-state index is -4.16. The highest BCUT2D eigenvalue weighted by molar-refractivity contribution is 7.90. The third-order valence-electron chi connectivity index (χ3n) is 5.28. The minimum absolute atomic E-state index is 0.0984. The van der Waals surface area contributed by atoms with E-state index >= 15 is 0 Å². The van der Waals surface area contributed by atoms with Gasteiger partial charge in [-0.25, -0.2) is 22.5 Å². The van der Waals surface area contributed by atoms with Crippen molar-refractivity contribution in [3.8, 4) is 5.88 Å². The number of sulfonamides is 1. The number of rotatable bonds is 6. The van der Waals surface area contributed by atoms with Gasteiger partial charge in [-0.3, -0.25) is 9.69 Å². The van der Waals surface area contributed by atoms with E-state index in [4.69, 9.17) is 4.74 Å². The summed E-state index contributed by atoms with van der Waals surface area (Å²) in [5, 5.41) is 2.76. The summed E-state index contributed by atoms with van der Waals surface area (Å²) in [6, 6.07) is 15.9. The van der Waals surface area contributed by atoms with Crippen molar-refractivity contribution in [3.05, 3.63) is 83.6 Å². The number of ether oxygens (including phenoxy) is 1. The van der Waals surface area contributed by atoms with E-state index in [-0.39, 0.29) is 29.2 Å². The number of aromatic nitrogens is 1. The number of anilines is 1. The fourth-order valence-electron chi connectivity index (χ4n) is 3.49. The summed E-state index contributed by atoms with van der Waals surface area (Å²) in [4.78, 5) is 30.7. The molecule has 33 heavy (non-hydrogen) atoms. The summed E-state index contributed by atoms with van der Waals surface area (Å²) in [5.74, 6) is -0.0224. The van der Waals surface area contributed by atoms with Crippen LogP contribution in [0.5, 0.6) is 5.88 Å². The van der Waals surface area contributed by atoms with Crippen LogP contribution in [0.15, 0.2) is 71.8 Å². The molecule has 0 spiro atoms. The number of nitrogens with one attached hydrogen (secondary N) is 1. The second-order valence-corrected chi connectivity index (χ2v) is 9.24. The number of urea groups is 1. The van der Waals surface area contributed by atoms with Crippen LogP contribution in [0, 0.1) is 0 Å². The van der Waals surface area contributed by atoms with Gasteiger partial charge in [0.05, 0.1) is 19.3 Å². The van der Waals surface area contributed by atoms with Gasteiger partial charge in [0, 0.05) is 31.4 Å². The molecule has 2 heterocycles. The lowest BCUT2D eigenvalue weighted by molar-refractivity contribution is 0.0950. The van der Waals surface area contributed by atoms with Crippen LogP contribution in [0.3, 0.4) is 0 Å². The molecule has 0 unspecified atom stereocenters. The van der Waals surface area contributed by atoms with Gasteiger partial charge >= 0.3 is 6.03 Å². The average molecular weight is 467 g/mol. The van der Waals surface area contributed by atoms with Crippen LogP contribution >= 0.6 is 0 Å². The van der Waals surface area contributed by atoms with Gasteiger partial charge in [0.25, 0.3) is 15.9 Å². The molecule has 0 radical (unpaired) electrons. The van der Waals surface area contributed by atoms with E-state index < -0.39 is 22.0 Å². The van der Waals surface area contributed by atoms with E-state index in [1.807, 2.05) is 6.07 Å². The normalized spacial score (nSPS) is 14.5. The lowest BCUT2D eigenvalue weighted by Gasteiger charge is -2.34. The Morgan fingerprint density at radius 3 is 2.55 bits per heavy atom. The maximum Gasteiger partial charge on any atom is 0.338 e. The van der Waals surface area contributed by atoms with Gasteiger partial charge < -0.3 is 10.1 Å². The summed E-state index contributed by atoms with van der Waals surface area (Å²) in [7, 11) is -1.15. The first kappa shape index (κ1) is 22.3. The molecule has 1 aliphatic heterocycles. The van der Waals surface area contributed by atoms with Gasteiger partial charge in [0.1, 0.15) is 4.90 Å². The van der Waals surface area contributed by atoms with Gasteiger partial charge in [-0.1, -0.05) is 30.3 Å². The molecule has 170 valence electrons. The van der Waals surface area contributed by atoms with Crippen molar-refractivity contribution in [1.82, 2.24) is 14.6 Å². The highest BCUT2D eigenvalue weighted by Gasteiger charge is 2.40. The number of methoxy groups -OCH3 is 1. The Balaban J connectivity index is 1.60. The first-order chi connectivity index (χ1) is 15.8. The molecule has 0 bridgehead atoms. The molecule has 3 amide bonds. The Labute approximate surface area is 191 Å². The number of benzene rings is 2. The van der Waals surface area contributed by atoms with Crippen molar-refractivity contribution in [2.45, 2.75) is 18.0 Å². The van der Waals surface area contributed by atoms with E-state index in [0.29, 0.717) is 11.4 Å². The van der Waals surface area contributed by atoms with Crippen molar-refractivity contribution < 1.29 is 22.7 Å². The maximum atomic E-state index is 13.3. The molecule has 1 aromatic heterocycles. The van der Waals surface area contributed by atoms with E-state index in [1.165, 1.54) is 37.3 Å². The van der Waals surface area contributed by atoms with E-state index in [2.05, 4.69) is 10.3 Å². The standard InChI is InChI=1S/C23H22N4O5S/c1-26-19-9-8-18(22(28)25-14-17-10-11-24-21(12-17)32-2)13-20(19)33(30,31)27(23(26)29)15-16-6-4-3-5-7-16/h3-13H,14-15H2,1-2H3,(H,25,28). The van der Waals surface area contributed by atoms with Crippen molar-refractivity contribution >= 4 is 27.6 Å². The zero-order chi connectivity index (χ0) is 23.6. The number of carbonyl (C=O) groups excluding carboxylic acids is 2. The Morgan fingerprint density at radius 1 is 1.06 bits per heavy atom. The molecule has 0 saturated carbocycles. The molecular formula is C23H22N4O5S. The molecule has 0 saturated heterocycles. The van der Waals surface area contributed by atoms with E-state index in [1.54, 1.807) is 42.6 Å². The van der Waals surface area contributed by atoms with Crippen LogP contribution < -0.4 is 15.0 Å². The summed E-state index contributed by atoms with van der Waals surface area (Å²) in [6.07, 6.45) is 1.57. The van der Waals surface area contributed by atoms with E-state index in [0.717, 1.165) is 9.87 Å². The largest absolute Gasteiger partial charge is 0.481 e. The van der Waals surface area contributed by atoms with E-state index in [9.17, 15) is 18.0 Å². The number of hydrogen-bond donors (Lipinski definition) is 1. The lowest BCUT2D eigenvalue weighted by atomic mass is 10.1. The molecule has 1 N–H and O–H groups in total. The second kappa shape index (κ2) is 8.91. The van der Waals surface area contributed by atoms with Crippen LogP contribution in [-0.2, 0) is 23.1 Å². The zero-order valence-corrected chi connectivity index (χ0v) is 18.9. The SMILES string of the molecule is COc1cc(CNC(=O)c2ccc3c(c2)S(=O)(=O)N(Cc2ccccc2)C(=O)N3C)ccn1. The molecule has 10 heteroatoms. The van der Waals surface area contributed by atoms with Crippen LogP contribution in [0.4, 0.5) is 10.5 Å². The van der Waals surface area contributed by atoms with Gasteiger partial charge in [-0.05, 0) is 35.4 Å². The molecule has 1 aliphatic rings. The van der Waals surface area contributed by atoms with Crippen molar-refractivity contribution in [1.29, 1.82) is 0 Å². The third kappa shape index (κ3) is 4.37. The Morgan fingerprint density at radius 2 is 1.82 bits per heavy atom. The first-order valence-electron chi connectivity index (χ1n) is 10.1. The van der Waals surface area contributed by atoms with Gasteiger partial charge in [0.2, 0.25) is 5.88 Å². The summed E-state index contributed by atoms with van der Waals surface area (Å²) in [6.45, 7) is 0.103. The fourth-order valence-corrected chi connectivity index (χ4v) is 5.12. The van der Waals surface area contributed by atoms with Gasteiger partial charge in [-0.2, -0.15) is 0 Å². The predicted molar refractivity (Wildman–Crippen MR) is 121 cm³/mol. The second-order valence-electron chi connectivity index (χ2n) is 7.41. The number of hydrogen-bond acceptors (Lipinski definition) is 6. The maximum absolute atomic E-state index is 13.3. The Bertz CT molecular complexity index is 1310. The molecule has 0 aliphatic carbocycles. The highest BCUT2D eigenvalue weighted by atomic mass is 32.2. The summed E-state index contributed by atoms with van der Waals surface area (Å²) >= 11 is 0. The molecule has 2 aromatic carbocycles. The topological polar surface area (TPSA) is 109 Å². The van der Waals surface area contributed by atoms with Gasteiger partial charge in [0.15, 0.2) is 0 Å². The molecule has 9 nitrogen and oxygen atoms in total. The minimum Gasteiger partial charge on any atom is -0.481 e.